The van der Waals surface area contributed by atoms with Crippen molar-refractivity contribution in [2.24, 2.45) is 5.84 Å². The number of aromatic nitrogens is 2. The van der Waals surface area contributed by atoms with E-state index in [1.807, 2.05) is 18.2 Å². The van der Waals surface area contributed by atoms with Gasteiger partial charge >= 0.3 is 0 Å². The molecule has 0 aliphatic carbocycles. The quantitative estimate of drug-likeness (QED) is 0.675. The van der Waals surface area contributed by atoms with E-state index in [0.29, 0.717) is 5.02 Å². The molecule has 88 valence electrons. The zero-order chi connectivity index (χ0) is 12.3. The molecule has 1 unspecified atom stereocenters. The summed E-state index contributed by atoms with van der Waals surface area (Å²) < 4.78 is 0.932. The number of hydrogen-bond acceptors (Lipinski definition) is 4. The Morgan fingerprint density at radius 3 is 2.82 bits per heavy atom. The fourth-order valence-electron chi connectivity index (χ4n) is 1.53. The summed E-state index contributed by atoms with van der Waals surface area (Å²) in [5.74, 6) is 5.56. The molecular weight excluding hydrogens is 304 g/mol. The Morgan fingerprint density at radius 2 is 2.18 bits per heavy atom. The third kappa shape index (κ3) is 2.81. The second-order valence-corrected chi connectivity index (χ2v) is 4.72. The van der Waals surface area contributed by atoms with Crippen LogP contribution in [0.1, 0.15) is 17.3 Å². The highest BCUT2D eigenvalue weighted by molar-refractivity contribution is 9.10. The zero-order valence-electron chi connectivity index (χ0n) is 8.77. The van der Waals surface area contributed by atoms with Crippen LogP contribution in [0.25, 0.3) is 0 Å². The van der Waals surface area contributed by atoms with Crippen molar-refractivity contribution in [3.63, 3.8) is 0 Å². The fraction of sp³-hybridized carbons (Fsp3) is 0.0909. The van der Waals surface area contributed by atoms with Crippen LogP contribution >= 0.6 is 27.5 Å². The van der Waals surface area contributed by atoms with Crippen molar-refractivity contribution in [2.45, 2.75) is 6.04 Å². The molecule has 0 radical (unpaired) electrons. The van der Waals surface area contributed by atoms with Crippen LogP contribution in [0.4, 0.5) is 0 Å². The van der Waals surface area contributed by atoms with Gasteiger partial charge in [-0.15, -0.1) is 0 Å². The van der Waals surface area contributed by atoms with E-state index in [9.17, 15) is 0 Å². The highest BCUT2D eigenvalue weighted by Crippen LogP contribution is 2.29. The summed E-state index contributed by atoms with van der Waals surface area (Å²) in [7, 11) is 0. The van der Waals surface area contributed by atoms with Gasteiger partial charge in [-0.3, -0.25) is 15.8 Å². The van der Waals surface area contributed by atoms with Gasteiger partial charge in [-0.1, -0.05) is 27.5 Å². The Kier molecular flexibility index (Phi) is 4.06. The molecule has 4 nitrogen and oxygen atoms in total. The molecule has 1 heterocycles. The minimum absolute atomic E-state index is 0.284. The number of hydrazine groups is 1. The number of halogens is 2. The van der Waals surface area contributed by atoms with Gasteiger partial charge < -0.3 is 0 Å². The van der Waals surface area contributed by atoms with E-state index < -0.39 is 0 Å². The summed E-state index contributed by atoms with van der Waals surface area (Å²) in [6, 6.07) is 5.30. The van der Waals surface area contributed by atoms with Crippen LogP contribution in [0, 0.1) is 0 Å². The minimum atomic E-state index is -0.284. The smallest absolute Gasteiger partial charge is 0.0911 e. The molecular formula is C11H10BrClN4. The lowest BCUT2D eigenvalue weighted by atomic mass is 10.0. The summed E-state index contributed by atoms with van der Waals surface area (Å²) in [6.07, 6.45) is 4.88. The van der Waals surface area contributed by atoms with E-state index in [-0.39, 0.29) is 6.04 Å². The van der Waals surface area contributed by atoms with Crippen molar-refractivity contribution in [3.8, 4) is 0 Å². The fourth-order valence-corrected chi connectivity index (χ4v) is 2.14. The Balaban J connectivity index is 2.46. The summed E-state index contributed by atoms with van der Waals surface area (Å²) in [6.45, 7) is 0. The molecule has 0 fully saturated rings. The standard InChI is InChI=1S/C11H10BrClN4/c12-7-1-2-9(13)8(5-7)11(17-14)10-6-15-3-4-16-10/h1-6,11,17H,14H2. The van der Waals surface area contributed by atoms with Crippen molar-refractivity contribution >= 4 is 27.5 Å². The lowest BCUT2D eigenvalue weighted by Gasteiger charge is -2.17. The highest BCUT2D eigenvalue weighted by Gasteiger charge is 2.17. The van der Waals surface area contributed by atoms with Crippen molar-refractivity contribution in [1.29, 1.82) is 0 Å². The molecule has 6 heteroatoms. The first-order valence-corrected chi connectivity index (χ1v) is 6.06. The Labute approximate surface area is 112 Å². The summed E-state index contributed by atoms with van der Waals surface area (Å²) in [4.78, 5) is 8.24. The van der Waals surface area contributed by atoms with E-state index in [1.54, 1.807) is 18.6 Å². The van der Waals surface area contributed by atoms with Gasteiger partial charge in [0.15, 0.2) is 0 Å². The number of benzene rings is 1. The molecule has 0 amide bonds. The largest absolute Gasteiger partial charge is 0.271 e. The van der Waals surface area contributed by atoms with E-state index >= 15 is 0 Å². The Morgan fingerprint density at radius 1 is 1.35 bits per heavy atom. The lowest BCUT2D eigenvalue weighted by Crippen LogP contribution is -2.29. The molecule has 2 rings (SSSR count). The minimum Gasteiger partial charge on any atom is -0.271 e. The van der Waals surface area contributed by atoms with E-state index in [2.05, 4.69) is 31.3 Å². The van der Waals surface area contributed by atoms with Gasteiger partial charge in [-0.25, -0.2) is 5.43 Å². The third-order valence-electron chi connectivity index (χ3n) is 2.31. The topological polar surface area (TPSA) is 63.8 Å². The van der Waals surface area contributed by atoms with Crippen molar-refractivity contribution < 1.29 is 0 Å². The average Bonchev–Trinajstić information content (AvgIpc) is 2.36. The van der Waals surface area contributed by atoms with E-state index in [4.69, 9.17) is 17.4 Å². The predicted octanol–water partition coefficient (Wildman–Crippen LogP) is 2.45. The lowest BCUT2D eigenvalue weighted by molar-refractivity contribution is 0.617. The van der Waals surface area contributed by atoms with Crippen molar-refractivity contribution in [2.75, 3.05) is 0 Å². The maximum absolute atomic E-state index is 6.16. The number of hydrogen-bond donors (Lipinski definition) is 2. The number of nitrogens with zero attached hydrogens (tertiary/aromatic N) is 2. The molecule has 0 bridgehead atoms. The molecule has 2 aromatic rings. The SMILES string of the molecule is NNC(c1cnccn1)c1cc(Br)ccc1Cl. The van der Waals surface area contributed by atoms with Gasteiger partial charge in [0, 0.05) is 21.9 Å². The van der Waals surface area contributed by atoms with Crippen LogP contribution in [0.15, 0.2) is 41.3 Å². The molecule has 1 aromatic carbocycles. The van der Waals surface area contributed by atoms with Crippen LogP contribution in [0.3, 0.4) is 0 Å². The Bertz CT molecular complexity index is 506. The van der Waals surface area contributed by atoms with E-state index in [1.165, 1.54) is 0 Å². The van der Waals surface area contributed by atoms with Gasteiger partial charge in [-0.2, -0.15) is 0 Å². The number of rotatable bonds is 3. The summed E-state index contributed by atoms with van der Waals surface area (Å²) in [5.41, 5.74) is 4.26. The molecule has 17 heavy (non-hydrogen) atoms. The number of nitrogens with one attached hydrogen (secondary N) is 1. The molecule has 0 saturated heterocycles. The van der Waals surface area contributed by atoms with Gasteiger partial charge in [0.05, 0.1) is 17.9 Å². The maximum atomic E-state index is 6.16. The maximum Gasteiger partial charge on any atom is 0.0911 e. The van der Waals surface area contributed by atoms with Crippen molar-refractivity contribution in [1.82, 2.24) is 15.4 Å². The van der Waals surface area contributed by atoms with Crippen LogP contribution in [0.5, 0.6) is 0 Å². The molecule has 3 N–H and O–H groups in total. The van der Waals surface area contributed by atoms with Crippen LogP contribution < -0.4 is 11.3 Å². The monoisotopic (exact) mass is 312 g/mol. The molecule has 1 aromatic heterocycles. The first-order valence-electron chi connectivity index (χ1n) is 4.89. The average molecular weight is 314 g/mol. The van der Waals surface area contributed by atoms with Gasteiger partial charge in [0.2, 0.25) is 0 Å². The molecule has 0 aliphatic rings. The molecule has 0 aliphatic heterocycles. The van der Waals surface area contributed by atoms with Crippen LogP contribution in [0.2, 0.25) is 5.02 Å². The molecule has 0 spiro atoms. The zero-order valence-corrected chi connectivity index (χ0v) is 11.1. The van der Waals surface area contributed by atoms with Gasteiger partial charge in [-0.05, 0) is 23.8 Å². The predicted molar refractivity (Wildman–Crippen MR) is 70.4 cm³/mol. The second kappa shape index (κ2) is 5.55. The van der Waals surface area contributed by atoms with E-state index in [0.717, 1.165) is 15.7 Å². The van der Waals surface area contributed by atoms with Gasteiger partial charge in [0.25, 0.3) is 0 Å². The first kappa shape index (κ1) is 12.4. The van der Waals surface area contributed by atoms with Crippen LogP contribution in [-0.4, -0.2) is 9.97 Å². The molecule has 1 atom stereocenters. The first-order chi connectivity index (χ1) is 8.22. The van der Waals surface area contributed by atoms with Crippen LogP contribution in [-0.2, 0) is 0 Å². The van der Waals surface area contributed by atoms with Crippen molar-refractivity contribution in [3.05, 3.63) is 57.5 Å². The summed E-state index contributed by atoms with van der Waals surface area (Å²) in [5, 5.41) is 0.627. The summed E-state index contributed by atoms with van der Waals surface area (Å²) >= 11 is 9.56. The molecule has 0 saturated carbocycles. The third-order valence-corrected chi connectivity index (χ3v) is 3.15. The normalized spacial score (nSPS) is 12.4. The number of nitrogens with two attached hydrogens (primary N) is 1. The second-order valence-electron chi connectivity index (χ2n) is 3.40. The van der Waals surface area contributed by atoms with Gasteiger partial charge in [0.1, 0.15) is 0 Å². The highest BCUT2D eigenvalue weighted by atomic mass is 79.9. The Hall–Kier alpha value is -1.01.